The van der Waals surface area contributed by atoms with E-state index in [9.17, 15) is 4.39 Å². The molecular weight excluding hydrogens is 221 g/mol. The van der Waals surface area contributed by atoms with Crippen LogP contribution in [-0.4, -0.2) is 6.54 Å². The van der Waals surface area contributed by atoms with E-state index in [2.05, 4.69) is 16.8 Å². The summed E-state index contributed by atoms with van der Waals surface area (Å²) in [5, 5.41) is 5.48. The van der Waals surface area contributed by atoms with Crippen molar-refractivity contribution in [3.05, 3.63) is 57.5 Å². The Morgan fingerprint density at radius 3 is 3.00 bits per heavy atom. The second kappa shape index (κ2) is 4.00. The number of nitrogens with one attached hydrogen (secondary N) is 1. The van der Waals surface area contributed by atoms with Crippen LogP contribution in [-0.2, 0) is 6.42 Å². The Labute approximate surface area is 97.9 Å². The van der Waals surface area contributed by atoms with Crippen molar-refractivity contribution in [3.8, 4) is 0 Å². The molecule has 3 heteroatoms. The molecule has 2 aromatic rings. The van der Waals surface area contributed by atoms with Crippen LogP contribution in [0, 0.1) is 5.82 Å². The molecule has 1 nitrogen and oxygen atoms in total. The fraction of sp³-hybridized carbons (Fsp3) is 0.231. The van der Waals surface area contributed by atoms with E-state index in [1.54, 1.807) is 17.4 Å². The summed E-state index contributed by atoms with van der Waals surface area (Å²) >= 11 is 1.71. The summed E-state index contributed by atoms with van der Waals surface area (Å²) in [6.45, 7) is 0.919. The van der Waals surface area contributed by atoms with Gasteiger partial charge in [-0.1, -0.05) is 18.2 Å². The minimum atomic E-state index is -0.124. The predicted molar refractivity (Wildman–Crippen MR) is 64.3 cm³/mol. The molecule has 16 heavy (non-hydrogen) atoms. The quantitative estimate of drug-likeness (QED) is 0.798. The fourth-order valence-corrected chi connectivity index (χ4v) is 3.26. The van der Waals surface area contributed by atoms with Crippen molar-refractivity contribution in [2.45, 2.75) is 12.5 Å². The van der Waals surface area contributed by atoms with Gasteiger partial charge in [-0.3, -0.25) is 0 Å². The Bertz CT molecular complexity index is 506. The van der Waals surface area contributed by atoms with Crippen LogP contribution < -0.4 is 5.32 Å². The summed E-state index contributed by atoms with van der Waals surface area (Å²) in [5.41, 5.74) is 2.11. The molecule has 1 aromatic carbocycles. The minimum absolute atomic E-state index is 0.0324. The molecule has 0 amide bonds. The number of benzene rings is 1. The van der Waals surface area contributed by atoms with Gasteiger partial charge in [0.15, 0.2) is 0 Å². The topological polar surface area (TPSA) is 12.0 Å². The van der Waals surface area contributed by atoms with Gasteiger partial charge in [-0.2, -0.15) is 0 Å². The van der Waals surface area contributed by atoms with Gasteiger partial charge in [0.2, 0.25) is 0 Å². The highest BCUT2D eigenvalue weighted by atomic mass is 32.1. The number of thiophene rings is 1. The average Bonchev–Trinajstić information content (AvgIpc) is 2.77. The first kappa shape index (κ1) is 10.00. The zero-order valence-electron chi connectivity index (χ0n) is 8.74. The highest BCUT2D eigenvalue weighted by molar-refractivity contribution is 7.10. The standard InChI is InChI=1S/C13H12FNS/c14-11-4-2-1-3-10(11)12-13-9(5-7-15-12)6-8-16-13/h1-4,6,8,12,15H,5,7H2. The normalized spacial score (nSPS) is 19.4. The van der Waals surface area contributed by atoms with Crippen LogP contribution in [0.2, 0.25) is 0 Å². The molecule has 1 atom stereocenters. The third kappa shape index (κ3) is 1.56. The summed E-state index contributed by atoms with van der Waals surface area (Å²) in [4.78, 5) is 1.26. The van der Waals surface area contributed by atoms with Crippen molar-refractivity contribution < 1.29 is 4.39 Å². The fourth-order valence-electron chi connectivity index (χ4n) is 2.21. The third-order valence-electron chi connectivity index (χ3n) is 3.00. The first-order chi connectivity index (χ1) is 7.86. The van der Waals surface area contributed by atoms with Gasteiger partial charge in [-0.25, -0.2) is 4.39 Å². The molecular formula is C13H12FNS. The Morgan fingerprint density at radius 1 is 1.25 bits per heavy atom. The lowest BCUT2D eigenvalue weighted by Crippen LogP contribution is -2.29. The molecule has 0 radical (unpaired) electrons. The predicted octanol–water partition coefficient (Wildman–Crippen LogP) is 3.12. The molecule has 0 bridgehead atoms. The van der Waals surface area contributed by atoms with E-state index in [0.29, 0.717) is 0 Å². The van der Waals surface area contributed by atoms with E-state index in [1.165, 1.54) is 16.5 Å². The zero-order valence-corrected chi connectivity index (χ0v) is 9.56. The van der Waals surface area contributed by atoms with Gasteiger partial charge in [0.05, 0.1) is 6.04 Å². The van der Waals surface area contributed by atoms with Crippen LogP contribution in [0.15, 0.2) is 35.7 Å². The first-order valence-electron chi connectivity index (χ1n) is 5.40. The van der Waals surface area contributed by atoms with Gasteiger partial charge in [0, 0.05) is 17.0 Å². The molecule has 0 fully saturated rings. The van der Waals surface area contributed by atoms with Crippen molar-refractivity contribution in [1.82, 2.24) is 5.32 Å². The van der Waals surface area contributed by atoms with Crippen LogP contribution in [0.5, 0.6) is 0 Å². The molecule has 3 rings (SSSR count). The maximum absolute atomic E-state index is 13.7. The van der Waals surface area contributed by atoms with E-state index >= 15 is 0 Å². The Kier molecular flexibility index (Phi) is 2.50. The van der Waals surface area contributed by atoms with Crippen molar-refractivity contribution in [1.29, 1.82) is 0 Å². The minimum Gasteiger partial charge on any atom is -0.305 e. The Hall–Kier alpha value is -1.19. The van der Waals surface area contributed by atoms with Crippen molar-refractivity contribution >= 4 is 11.3 Å². The largest absolute Gasteiger partial charge is 0.305 e. The lowest BCUT2D eigenvalue weighted by molar-refractivity contribution is 0.535. The summed E-state index contributed by atoms with van der Waals surface area (Å²) in [6, 6.07) is 9.19. The Morgan fingerprint density at radius 2 is 2.12 bits per heavy atom. The monoisotopic (exact) mass is 233 g/mol. The van der Waals surface area contributed by atoms with E-state index in [0.717, 1.165) is 18.5 Å². The number of hydrogen-bond acceptors (Lipinski definition) is 2. The molecule has 0 saturated carbocycles. The molecule has 1 aromatic heterocycles. The second-order valence-electron chi connectivity index (χ2n) is 3.97. The van der Waals surface area contributed by atoms with E-state index < -0.39 is 0 Å². The lowest BCUT2D eigenvalue weighted by atomic mass is 9.97. The van der Waals surface area contributed by atoms with E-state index in [4.69, 9.17) is 0 Å². The van der Waals surface area contributed by atoms with Crippen LogP contribution in [0.25, 0.3) is 0 Å². The van der Waals surface area contributed by atoms with Gasteiger partial charge in [-0.15, -0.1) is 11.3 Å². The smallest absolute Gasteiger partial charge is 0.128 e. The SMILES string of the molecule is Fc1ccccc1C1NCCc2ccsc21. The summed E-state index contributed by atoms with van der Waals surface area (Å²) in [7, 11) is 0. The maximum atomic E-state index is 13.7. The van der Waals surface area contributed by atoms with Gasteiger partial charge < -0.3 is 5.32 Å². The van der Waals surface area contributed by atoms with Crippen LogP contribution >= 0.6 is 11.3 Å². The highest BCUT2D eigenvalue weighted by Gasteiger charge is 2.24. The molecule has 1 unspecified atom stereocenters. The summed E-state index contributed by atoms with van der Waals surface area (Å²) in [6.07, 6.45) is 1.05. The molecule has 1 aliphatic rings. The highest BCUT2D eigenvalue weighted by Crippen LogP contribution is 2.33. The molecule has 0 aliphatic carbocycles. The molecule has 0 spiro atoms. The number of hydrogen-bond donors (Lipinski definition) is 1. The van der Waals surface area contributed by atoms with Crippen LogP contribution in [0.3, 0.4) is 0 Å². The van der Waals surface area contributed by atoms with Gasteiger partial charge in [0.1, 0.15) is 5.82 Å². The van der Waals surface area contributed by atoms with Crippen LogP contribution in [0.4, 0.5) is 4.39 Å². The van der Waals surface area contributed by atoms with Crippen molar-refractivity contribution in [2.24, 2.45) is 0 Å². The van der Waals surface area contributed by atoms with Crippen molar-refractivity contribution in [2.75, 3.05) is 6.54 Å². The maximum Gasteiger partial charge on any atom is 0.128 e. The molecule has 2 heterocycles. The van der Waals surface area contributed by atoms with Gasteiger partial charge in [0.25, 0.3) is 0 Å². The van der Waals surface area contributed by atoms with Gasteiger partial charge >= 0.3 is 0 Å². The third-order valence-corrected chi connectivity index (χ3v) is 4.03. The van der Waals surface area contributed by atoms with E-state index in [-0.39, 0.29) is 11.9 Å². The zero-order chi connectivity index (χ0) is 11.0. The van der Waals surface area contributed by atoms with Crippen LogP contribution in [0.1, 0.15) is 22.0 Å². The summed E-state index contributed by atoms with van der Waals surface area (Å²) < 4.78 is 13.7. The number of fused-ring (bicyclic) bond motifs is 1. The molecule has 82 valence electrons. The number of rotatable bonds is 1. The van der Waals surface area contributed by atoms with E-state index in [1.807, 2.05) is 12.1 Å². The van der Waals surface area contributed by atoms with Crippen molar-refractivity contribution in [3.63, 3.8) is 0 Å². The summed E-state index contributed by atoms with van der Waals surface area (Å²) in [5.74, 6) is -0.124. The molecule has 1 N–H and O–H groups in total. The lowest BCUT2D eigenvalue weighted by Gasteiger charge is -2.24. The second-order valence-corrected chi connectivity index (χ2v) is 4.92. The Balaban J connectivity index is 2.08. The first-order valence-corrected chi connectivity index (χ1v) is 6.28. The molecule has 0 saturated heterocycles. The number of halogens is 1. The average molecular weight is 233 g/mol. The van der Waals surface area contributed by atoms with Gasteiger partial charge in [-0.05, 0) is 29.5 Å². The molecule has 1 aliphatic heterocycles.